The summed E-state index contributed by atoms with van der Waals surface area (Å²) in [6, 6.07) is 23.5. The van der Waals surface area contributed by atoms with E-state index in [2.05, 4.69) is 129 Å². The van der Waals surface area contributed by atoms with E-state index in [1.807, 2.05) is 0 Å². The van der Waals surface area contributed by atoms with Gasteiger partial charge >= 0.3 is 21.7 Å². The van der Waals surface area contributed by atoms with Gasteiger partial charge in [-0.3, -0.25) is 6.08 Å². The molecule has 0 fully saturated rings. The van der Waals surface area contributed by atoms with Gasteiger partial charge in [0.2, 0.25) is 0 Å². The Balaban J connectivity index is 0.00000324. The van der Waals surface area contributed by atoms with Crippen LogP contribution >= 0.6 is 0 Å². The molecule has 3 aromatic rings. The van der Waals surface area contributed by atoms with Gasteiger partial charge in [-0.05, 0) is 66.9 Å². The minimum atomic E-state index is -2.60. The van der Waals surface area contributed by atoms with Crippen molar-refractivity contribution in [3.63, 3.8) is 0 Å². The Kier molecular flexibility index (Phi) is 13.0. The number of halogens is 3. The van der Waals surface area contributed by atoms with E-state index >= 15 is 0 Å². The zero-order chi connectivity index (χ0) is 24.1. The molecule has 2 atom stereocenters. The van der Waals surface area contributed by atoms with Gasteiger partial charge in [-0.25, -0.2) is 5.57 Å². The number of allylic oxidation sites excluding steroid dienone is 4. The fourth-order valence-corrected chi connectivity index (χ4v) is 12.4. The molecule has 0 amide bonds. The largest absolute Gasteiger partial charge is 4.00 e. The van der Waals surface area contributed by atoms with E-state index in [1.165, 1.54) is 60.1 Å². The van der Waals surface area contributed by atoms with Crippen LogP contribution in [0.3, 0.4) is 0 Å². The number of benzene rings is 3. The molecule has 0 N–H and O–H groups in total. The fraction of sp³-hybridized carbons (Fsp3) is 0.312. The Bertz CT molecular complexity index is 1270. The first-order valence-corrected chi connectivity index (χ1v) is 14.0. The Morgan fingerprint density at radius 3 is 1.51 bits per heavy atom. The van der Waals surface area contributed by atoms with Crippen molar-refractivity contribution in [2.75, 3.05) is 0 Å². The maximum atomic E-state index is 4.06. The summed E-state index contributed by atoms with van der Waals surface area (Å²) in [4.78, 5) is 0. The van der Waals surface area contributed by atoms with Gasteiger partial charge in [0.15, 0.2) is 0 Å². The summed E-state index contributed by atoms with van der Waals surface area (Å²) in [6.45, 7) is 20.6. The summed E-state index contributed by atoms with van der Waals surface area (Å²) < 4.78 is 0. The van der Waals surface area contributed by atoms with Crippen LogP contribution in [0, 0.1) is 40.7 Å². The molecule has 0 nitrogen and oxygen atoms in total. The molecule has 0 radical (unpaired) electrons. The van der Waals surface area contributed by atoms with Crippen molar-refractivity contribution in [2.24, 2.45) is 0 Å². The standard InChI is InChI=1S/C32H37Si.3ClH.Ti/c1-21-15-22(2)17-30(16-21)33(29-13-11-10-12-14-29,31-18-23(3)26(6)24(4)19-31)32(9)20-25(5)27(7)28(32)8;;;;/h10-19H,1-9H3;3*1H;/q-1;;;;+4/p-3. The van der Waals surface area contributed by atoms with Crippen molar-refractivity contribution < 1.29 is 58.9 Å². The van der Waals surface area contributed by atoms with E-state index in [-0.39, 0.29) is 64.0 Å². The van der Waals surface area contributed by atoms with Crippen molar-refractivity contribution in [3.05, 3.63) is 111 Å². The predicted octanol–water partition coefficient (Wildman–Crippen LogP) is -2.43. The Morgan fingerprint density at radius 1 is 0.622 bits per heavy atom. The summed E-state index contributed by atoms with van der Waals surface area (Å²) in [5.74, 6) is 0. The number of rotatable bonds is 4. The van der Waals surface area contributed by atoms with Crippen LogP contribution < -0.4 is 52.8 Å². The molecule has 0 aliphatic heterocycles. The molecule has 0 heterocycles. The summed E-state index contributed by atoms with van der Waals surface area (Å²) in [6.07, 6.45) is 4.06. The van der Waals surface area contributed by atoms with Crippen molar-refractivity contribution in [1.82, 2.24) is 0 Å². The molecule has 194 valence electrons. The molecule has 3 aromatic carbocycles. The summed E-state index contributed by atoms with van der Waals surface area (Å²) in [5, 5.41) is 4.23. The molecule has 0 saturated heterocycles. The minimum absolute atomic E-state index is 0. The second-order valence-corrected chi connectivity index (χ2v) is 14.6. The molecule has 0 saturated carbocycles. The Hall–Kier alpha value is -1.06. The molecule has 4 rings (SSSR count). The molecule has 2 unspecified atom stereocenters. The van der Waals surface area contributed by atoms with Gasteiger partial charge in [0.25, 0.3) is 0 Å². The van der Waals surface area contributed by atoms with Crippen LogP contribution in [0.1, 0.15) is 55.5 Å². The average Bonchev–Trinajstić information content (AvgIpc) is 2.96. The SMILES string of the molecule is CC1=[C-]C(C)([Si](c2ccccc2)(c2cc(C)cc(C)c2)c2cc(C)c(C)c(C)c2)C(C)=C1C.[Cl-].[Cl-].[Cl-].[Ti+4]. The monoisotopic (exact) mass is 602 g/mol. The fourth-order valence-electron chi connectivity index (χ4n) is 6.09. The van der Waals surface area contributed by atoms with E-state index in [9.17, 15) is 0 Å². The first-order valence-electron chi connectivity index (χ1n) is 12.0. The number of hydrogen-bond acceptors (Lipinski definition) is 0. The van der Waals surface area contributed by atoms with Gasteiger partial charge in [-0.2, -0.15) is 11.1 Å². The summed E-state index contributed by atoms with van der Waals surface area (Å²) >= 11 is 0. The van der Waals surface area contributed by atoms with Crippen LogP contribution in [0.25, 0.3) is 0 Å². The smallest absolute Gasteiger partial charge is 1.00 e. The third-order valence-electron chi connectivity index (χ3n) is 8.28. The average molecular weight is 604 g/mol. The maximum absolute atomic E-state index is 4.06. The van der Waals surface area contributed by atoms with Gasteiger partial charge in [0.1, 0.15) is 8.07 Å². The third-order valence-corrected chi connectivity index (χ3v) is 13.8. The second-order valence-electron chi connectivity index (χ2n) is 10.4. The van der Waals surface area contributed by atoms with E-state index in [4.69, 9.17) is 0 Å². The van der Waals surface area contributed by atoms with Gasteiger partial charge in [0.05, 0.1) is 0 Å². The molecule has 1 aliphatic rings. The van der Waals surface area contributed by atoms with Gasteiger partial charge < -0.3 is 37.2 Å². The first kappa shape index (κ1) is 35.9. The zero-order valence-electron chi connectivity index (χ0n) is 23.4. The summed E-state index contributed by atoms with van der Waals surface area (Å²) in [7, 11) is -2.60. The van der Waals surface area contributed by atoms with E-state index in [0.29, 0.717) is 0 Å². The van der Waals surface area contributed by atoms with Crippen molar-refractivity contribution >= 4 is 23.6 Å². The van der Waals surface area contributed by atoms with E-state index in [1.54, 1.807) is 0 Å². The van der Waals surface area contributed by atoms with Gasteiger partial charge in [-0.1, -0.05) is 97.6 Å². The topological polar surface area (TPSA) is 0 Å². The van der Waals surface area contributed by atoms with Crippen molar-refractivity contribution in [2.45, 2.75) is 67.4 Å². The zero-order valence-corrected chi connectivity index (χ0v) is 28.2. The molecule has 0 bridgehead atoms. The predicted molar refractivity (Wildman–Crippen MR) is 147 cm³/mol. The molecule has 37 heavy (non-hydrogen) atoms. The molecular weight excluding hydrogens is 567 g/mol. The Morgan fingerprint density at radius 2 is 1.08 bits per heavy atom. The number of hydrogen-bond donors (Lipinski definition) is 0. The normalized spacial score (nSPS) is 17.9. The second kappa shape index (κ2) is 13.3. The Labute approximate surface area is 259 Å². The summed E-state index contributed by atoms with van der Waals surface area (Å²) in [5.41, 5.74) is 11.0. The van der Waals surface area contributed by atoms with Crippen LogP contribution in [0.15, 0.2) is 77.4 Å². The van der Waals surface area contributed by atoms with E-state index < -0.39 is 8.07 Å². The quantitative estimate of drug-likeness (QED) is 0.177. The molecule has 0 spiro atoms. The molecule has 0 aromatic heterocycles. The number of aryl methyl sites for hydroxylation is 4. The first-order chi connectivity index (χ1) is 15.5. The van der Waals surface area contributed by atoms with Crippen molar-refractivity contribution in [1.29, 1.82) is 0 Å². The molecular formula is C32H37Cl3SiTi. The van der Waals surface area contributed by atoms with Gasteiger partial charge in [0, 0.05) is 0 Å². The van der Waals surface area contributed by atoms with Crippen LogP contribution in [0.2, 0.25) is 5.04 Å². The third kappa shape index (κ3) is 5.79. The van der Waals surface area contributed by atoms with E-state index in [0.717, 1.165) is 0 Å². The molecule has 5 heteroatoms. The van der Waals surface area contributed by atoms with Crippen LogP contribution in [0.4, 0.5) is 0 Å². The van der Waals surface area contributed by atoms with Gasteiger partial charge in [-0.15, -0.1) is 6.92 Å². The van der Waals surface area contributed by atoms with Crippen molar-refractivity contribution in [3.8, 4) is 0 Å². The molecule has 1 aliphatic carbocycles. The minimum Gasteiger partial charge on any atom is -1.00 e. The van der Waals surface area contributed by atoms with Crippen LogP contribution in [-0.2, 0) is 21.7 Å². The van der Waals surface area contributed by atoms with Crippen LogP contribution in [-0.4, -0.2) is 8.07 Å². The maximum Gasteiger partial charge on any atom is 4.00 e. The van der Waals surface area contributed by atoms with Crippen LogP contribution in [0.5, 0.6) is 0 Å².